The van der Waals surface area contributed by atoms with Gasteiger partial charge >= 0.3 is 6.92 Å². The second-order valence-corrected chi connectivity index (χ2v) is 4.46. The van der Waals surface area contributed by atoms with E-state index in [4.69, 9.17) is 4.65 Å². The fraction of sp³-hybridized carbons (Fsp3) is 0.286. The van der Waals surface area contributed by atoms with Crippen molar-refractivity contribution in [3.05, 3.63) is 54.3 Å². The van der Waals surface area contributed by atoms with E-state index in [9.17, 15) is 0 Å². The Hall–Kier alpha value is -1.44. The van der Waals surface area contributed by atoms with Crippen molar-refractivity contribution in [2.24, 2.45) is 5.92 Å². The molecule has 1 fully saturated rings. The summed E-state index contributed by atoms with van der Waals surface area (Å²) in [6.45, 7) is 8.27. The summed E-state index contributed by atoms with van der Waals surface area (Å²) >= 11 is 0. The predicted molar refractivity (Wildman–Crippen MR) is 69.8 cm³/mol. The van der Waals surface area contributed by atoms with E-state index in [-0.39, 0.29) is 6.92 Å². The van der Waals surface area contributed by atoms with Crippen LogP contribution in [-0.2, 0) is 4.65 Å². The molecule has 1 nitrogen and oxygen atoms in total. The van der Waals surface area contributed by atoms with E-state index < -0.39 is 0 Å². The van der Waals surface area contributed by atoms with Crippen LogP contribution in [0.2, 0.25) is 6.32 Å². The third kappa shape index (κ3) is 2.06. The van der Waals surface area contributed by atoms with Gasteiger partial charge in [0.2, 0.25) is 0 Å². The molecule has 0 spiro atoms. The van der Waals surface area contributed by atoms with Crippen LogP contribution in [0.15, 0.2) is 54.3 Å². The zero-order chi connectivity index (χ0) is 11.5. The van der Waals surface area contributed by atoms with E-state index in [2.05, 4.69) is 44.7 Å². The zero-order valence-electron chi connectivity index (χ0n) is 9.94. The SMILES string of the molecule is C=CC1CB(c2ccccc2)OC1=C(C)C. The smallest absolute Gasteiger partial charge is 0.392 e. The molecule has 82 valence electrons. The van der Waals surface area contributed by atoms with Crippen molar-refractivity contribution in [1.29, 1.82) is 0 Å². The molecule has 1 aliphatic rings. The van der Waals surface area contributed by atoms with Gasteiger partial charge in [-0.25, -0.2) is 0 Å². The van der Waals surface area contributed by atoms with Crippen LogP contribution < -0.4 is 5.46 Å². The normalized spacial score (nSPS) is 19.5. The van der Waals surface area contributed by atoms with Gasteiger partial charge in [0.15, 0.2) is 0 Å². The second kappa shape index (κ2) is 4.61. The molecule has 0 aromatic heterocycles. The van der Waals surface area contributed by atoms with Crippen LogP contribution in [0.4, 0.5) is 0 Å². The third-order valence-corrected chi connectivity index (χ3v) is 3.02. The number of rotatable bonds is 2. The van der Waals surface area contributed by atoms with E-state index in [1.54, 1.807) is 0 Å². The largest absolute Gasteiger partial charge is 0.558 e. The van der Waals surface area contributed by atoms with E-state index >= 15 is 0 Å². The monoisotopic (exact) mass is 212 g/mol. The first-order valence-corrected chi connectivity index (χ1v) is 5.74. The first kappa shape index (κ1) is 11.1. The van der Waals surface area contributed by atoms with E-state index in [1.807, 2.05) is 12.1 Å². The third-order valence-electron chi connectivity index (χ3n) is 3.02. The molecule has 2 heteroatoms. The minimum absolute atomic E-state index is 0.189. The van der Waals surface area contributed by atoms with Gasteiger partial charge in [0, 0.05) is 5.92 Å². The highest BCUT2D eigenvalue weighted by Crippen LogP contribution is 2.31. The summed E-state index contributed by atoms with van der Waals surface area (Å²) in [4.78, 5) is 0. The molecule has 1 unspecified atom stereocenters. The maximum absolute atomic E-state index is 6.02. The summed E-state index contributed by atoms with van der Waals surface area (Å²) in [6.07, 6.45) is 3.00. The molecule has 0 radical (unpaired) electrons. The molecular weight excluding hydrogens is 195 g/mol. The molecule has 1 aromatic rings. The van der Waals surface area contributed by atoms with E-state index in [0.29, 0.717) is 5.92 Å². The van der Waals surface area contributed by atoms with Gasteiger partial charge in [-0.05, 0) is 31.2 Å². The number of allylic oxidation sites excluding steroid dienone is 2. The standard InChI is InChI=1S/C14H17BO/c1-4-12-10-15(16-14(12)11(2)3)13-8-6-5-7-9-13/h4-9,12H,1,10H2,2-3H3. The average molecular weight is 212 g/mol. The van der Waals surface area contributed by atoms with Gasteiger partial charge in [0.05, 0.1) is 5.76 Å². The molecule has 0 saturated carbocycles. The van der Waals surface area contributed by atoms with Crippen LogP contribution >= 0.6 is 0 Å². The Labute approximate surface area is 97.9 Å². The molecule has 0 aliphatic carbocycles. The van der Waals surface area contributed by atoms with E-state index in [1.165, 1.54) is 11.0 Å². The summed E-state index contributed by atoms with van der Waals surface area (Å²) < 4.78 is 6.02. The minimum Gasteiger partial charge on any atom is -0.558 e. The lowest BCUT2D eigenvalue weighted by Crippen LogP contribution is -2.28. The average Bonchev–Trinajstić information content (AvgIpc) is 2.74. The summed E-state index contributed by atoms with van der Waals surface area (Å²) in [6, 6.07) is 10.4. The van der Waals surface area contributed by atoms with Crippen LogP contribution in [-0.4, -0.2) is 6.92 Å². The summed E-state index contributed by atoms with van der Waals surface area (Å²) in [5.74, 6) is 1.47. The minimum atomic E-state index is 0.189. The van der Waals surface area contributed by atoms with Crippen molar-refractivity contribution in [2.45, 2.75) is 20.2 Å². The Morgan fingerprint density at radius 2 is 2.06 bits per heavy atom. The van der Waals surface area contributed by atoms with Gasteiger partial charge in [-0.1, -0.05) is 36.4 Å². The van der Waals surface area contributed by atoms with Gasteiger partial charge in [0.1, 0.15) is 0 Å². The van der Waals surface area contributed by atoms with Crippen LogP contribution in [0, 0.1) is 5.92 Å². The predicted octanol–water partition coefficient (Wildman–Crippen LogP) is 3.01. The Kier molecular flexibility index (Phi) is 3.18. The highest BCUT2D eigenvalue weighted by Gasteiger charge is 2.34. The van der Waals surface area contributed by atoms with E-state index in [0.717, 1.165) is 12.1 Å². The topological polar surface area (TPSA) is 9.23 Å². The Morgan fingerprint density at radius 3 is 2.56 bits per heavy atom. The highest BCUT2D eigenvalue weighted by atomic mass is 16.4. The fourth-order valence-electron chi connectivity index (χ4n) is 2.19. The van der Waals surface area contributed by atoms with Crippen molar-refractivity contribution in [2.75, 3.05) is 0 Å². The first-order chi connectivity index (χ1) is 7.72. The summed E-state index contributed by atoms with van der Waals surface area (Å²) in [5.41, 5.74) is 2.51. The van der Waals surface area contributed by atoms with Crippen LogP contribution in [0.25, 0.3) is 0 Å². The molecule has 1 aliphatic heterocycles. The molecule has 0 amide bonds. The Morgan fingerprint density at radius 1 is 1.38 bits per heavy atom. The number of hydrogen-bond donors (Lipinski definition) is 0. The lowest BCUT2D eigenvalue weighted by molar-refractivity contribution is 0.435. The number of benzene rings is 1. The summed E-state index contributed by atoms with van der Waals surface area (Å²) in [7, 11) is 0. The van der Waals surface area contributed by atoms with Crippen molar-refractivity contribution in [3.63, 3.8) is 0 Å². The van der Waals surface area contributed by atoms with Crippen molar-refractivity contribution >= 4 is 12.4 Å². The van der Waals surface area contributed by atoms with Crippen LogP contribution in [0.3, 0.4) is 0 Å². The Bertz CT molecular complexity index is 404. The van der Waals surface area contributed by atoms with Crippen LogP contribution in [0.5, 0.6) is 0 Å². The second-order valence-electron chi connectivity index (χ2n) is 4.46. The van der Waals surface area contributed by atoms with Gasteiger partial charge in [-0.3, -0.25) is 0 Å². The molecule has 0 bridgehead atoms. The van der Waals surface area contributed by atoms with Crippen LogP contribution in [0.1, 0.15) is 13.8 Å². The van der Waals surface area contributed by atoms with Gasteiger partial charge < -0.3 is 4.65 Å². The maximum Gasteiger partial charge on any atom is 0.392 e. The highest BCUT2D eigenvalue weighted by molar-refractivity contribution is 6.68. The van der Waals surface area contributed by atoms with Crippen molar-refractivity contribution in [1.82, 2.24) is 0 Å². The quantitative estimate of drug-likeness (QED) is 0.540. The van der Waals surface area contributed by atoms with Crippen molar-refractivity contribution in [3.8, 4) is 0 Å². The summed E-state index contributed by atoms with van der Waals surface area (Å²) in [5, 5.41) is 0. The molecule has 16 heavy (non-hydrogen) atoms. The molecule has 1 aromatic carbocycles. The van der Waals surface area contributed by atoms with Gasteiger partial charge in [-0.2, -0.15) is 0 Å². The Balaban J connectivity index is 2.24. The van der Waals surface area contributed by atoms with Gasteiger partial charge in [0.25, 0.3) is 0 Å². The zero-order valence-corrected chi connectivity index (χ0v) is 9.94. The lowest BCUT2D eigenvalue weighted by atomic mass is 9.58. The molecule has 1 saturated heterocycles. The fourth-order valence-corrected chi connectivity index (χ4v) is 2.19. The number of hydrogen-bond acceptors (Lipinski definition) is 1. The molecule has 2 rings (SSSR count). The van der Waals surface area contributed by atoms with Gasteiger partial charge in [-0.15, -0.1) is 6.58 Å². The van der Waals surface area contributed by atoms with Crippen molar-refractivity contribution < 1.29 is 4.65 Å². The lowest BCUT2D eigenvalue weighted by Gasteiger charge is -2.09. The molecule has 0 N–H and O–H groups in total. The maximum atomic E-state index is 6.02. The molecular formula is C14H17BO. The first-order valence-electron chi connectivity index (χ1n) is 5.74. The molecule has 1 atom stereocenters. The molecule has 1 heterocycles.